The van der Waals surface area contributed by atoms with Crippen molar-refractivity contribution < 1.29 is 14.3 Å². The highest BCUT2D eigenvalue weighted by Crippen LogP contribution is 2.22. The van der Waals surface area contributed by atoms with Gasteiger partial charge in [-0.2, -0.15) is 0 Å². The summed E-state index contributed by atoms with van der Waals surface area (Å²) in [7, 11) is 0. The number of nitrogen functional groups attached to an aromatic ring is 1. The van der Waals surface area contributed by atoms with Crippen LogP contribution in [-0.2, 0) is 22.4 Å². The number of nitrogens with two attached hydrogens (primary N) is 2. The second-order valence-electron chi connectivity index (χ2n) is 6.02. The van der Waals surface area contributed by atoms with Crippen molar-refractivity contribution in [1.82, 2.24) is 5.32 Å². The number of hydrogen-bond acceptors (Lipinski definition) is 4. The Balaban J connectivity index is 2.05. The molecule has 0 aliphatic heterocycles. The van der Waals surface area contributed by atoms with Gasteiger partial charge in [-0.25, -0.2) is 4.79 Å². The molecule has 132 valence electrons. The van der Waals surface area contributed by atoms with E-state index in [2.05, 4.69) is 5.32 Å². The van der Waals surface area contributed by atoms with Crippen LogP contribution in [0.25, 0.3) is 0 Å². The second kappa shape index (κ2) is 8.19. The van der Waals surface area contributed by atoms with Crippen LogP contribution < -0.4 is 16.8 Å². The number of benzene rings is 2. The van der Waals surface area contributed by atoms with Crippen LogP contribution in [0.15, 0.2) is 54.6 Å². The lowest BCUT2D eigenvalue weighted by atomic mass is 9.94. The van der Waals surface area contributed by atoms with Crippen molar-refractivity contribution in [1.29, 1.82) is 0 Å². The Morgan fingerprint density at radius 1 is 1.08 bits per heavy atom. The Hall–Kier alpha value is -3.02. The monoisotopic (exact) mass is 341 g/mol. The van der Waals surface area contributed by atoms with Crippen molar-refractivity contribution in [2.75, 3.05) is 12.3 Å². The van der Waals surface area contributed by atoms with Crippen LogP contribution in [0.4, 0.5) is 10.5 Å². The Morgan fingerprint density at radius 3 is 2.36 bits per heavy atom. The number of carbonyl (C=O) groups excluding carboxylic acids is 2. The third kappa shape index (κ3) is 5.24. The summed E-state index contributed by atoms with van der Waals surface area (Å²) in [4.78, 5) is 23.9. The Morgan fingerprint density at radius 2 is 1.72 bits per heavy atom. The molecular weight excluding hydrogens is 318 g/mol. The van der Waals surface area contributed by atoms with Gasteiger partial charge in [0, 0.05) is 18.7 Å². The van der Waals surface area contributed by atoms with E-state index in [-0.39, 0.29) is 6.42 Å². The van der Waals surface area contributed by atoms with Gasteiger partial charge in [0.15, 0.2) is 5.60 Å². The maximum Gasteiger partial charge on any atom is 0.405 e. The molecule has 2 amide bonds. The highest BCUT2D eigenvalue weighted by molar-refractivity contribution is 5.87. The standard InChI is InChI=1S/C19H23N3O3/c1-19(25-18(21)24,13-15-9-5-6-10-16(15)20)17(23)22-12-11-14-7-3-2-4-8-14/h2-10H,11-13,20H2,1H3,(H2,21,24)(H,22,23). The molecule has 2 rings (SSSR count). The van der Waals surface area contributed by atoms with Crippen molar-refractivity contribution >= 4 is 17.7 Å². The first-order valence-corrected chi connectivity index (χ1v) is 8.05. The van der Waals surface area contributed by atoms with Crippen molar-refractivity contribution in [3.05, 3.63) is 65.7 Å². The highest BCUT2D eigenvalue weighted by Gasteiger charge is 2.37. The number of amides is 2. The molecule has 0 radical (unpaired) electrons. The topological polar surface area (TPSA) is 107 Å². The minimum atomic E-state index is -1.43. The van der Waals surface area contributed by atoms with Gasteiger partial charge in [0.05, 0.1) is 0 Å². The lowest BCUT2D eigenvalue weighted by molar-refractivity contribution is -0.138. The summed E-state index contributed by atoms with van der Waals surface area (Å²) in [5.41, 5.74) is 12.0. The number of carbonyl (C=O) groups is 2. The zero-order valence-electron chi connectivity index (χ0n) is 14.2. The van der Waals surface area contributed by atoms with E-state index in [0.29, 0.717) is 24.2 Å². The molecule has 0 aliphatic carbocycles. The fourth-order valence-electron chi connectivity index (χ4n) is 2.60. The molecule has 2 aromatic carbocycles. The molecule has 0 bridgehead atoms. The van der Waals surface area contributed by atoms with E-state index < -0.39 is 17.6 Å². The first-order valence-electron chi connectivity index (χ1n) is 8.05. The zero-order chi connectivity index (χ0) is 18.3. The molecule has 5 N–H and O–H groups in total. The molecule has 1 atom stereocenters. The summed E-state index contributed by atoms with van der Waals surface area (Å²) >= 11 is 0. The predicted octanol–water partition coefficient (Wildman–Crippen LogP) is 2.02. The highest BCUT2D eigenvalue weighted by atomic mass is 16.6. The maximum absolute atomic E-state index is 12.6. The van der Waals surface area contributed by atoms with Crippen LogP contribution in [0.1, 0.15) is 18.1 Å². The van der Waals surface area contributed by atoms with E-state index in [1.165, 1.54) is 6.92 Å². The summed E-state index contributed by atoms with van der Waals surface area (Å²) in [6.45, 7) is 1.95. The van der Waals surface area contributed by atoms with Gasteiger partial charge in [0.2, 0.25) is 0 Å². The molecule has 0 saturated heterocycles. The molecule has 0 saturated carbocycles. The summed E-state index contributed by atoms with van der Waals surface area (Å²) in [5, 5.41) is 2.80. The molecule has 1 unspecified atom stereocenters. The molecular formula is C19H23N3O3. The zero-order valence-corrected chi connectivity index (χ0v) is 14.2. The van der Waals surface area contributed by atoms with Crippen LogP contribution in [0, 0.1) is 0 Å². The van der Waals surface area contributed by atoms with Gasteiger partial charge >= 0.3 is 6.09 Å². The average Bonchev–Trinajstić information content (AvgIpc) is 2.57. The largest absolute Gasteiger partial charge is 0.433 e. The third-order valence-electron chi connectivity index (χ3n) is 3.93. The van der Waals surface area contributed by atoms with Crippen LogP contribution in [-0.4, -0.2) is 24.1 Å². The van der Waals surface area contributed by atoms with Crippen LogP contribution in [0.2, 0.25) is 0 Å². The SMILES string of the molecule is CC(Cc1ccccc1N)(OC(N)=O)C(=O)NCCc1ccccc1. The Bertz CT molecular complexity index is 734. The summed E-state index contributed by atoms with van der Waals surface area (Å²) in [5.74, 6) is -0.412. The molecule has 6 nitrogen and oxygen atoms in total. The minimum Gasteiger partial charge on any atom is -0.433 e. The van der Waals surface area contributed by atoms with Gasteiger partial charge in [-0.15, -0.1) is 0 Å². The van der Waals surface area contributed by atoms with Gasteiger partial charge in [0.1, 0.15) is 0 Å². The number of ether oxygens (including phenoxy) is 1. The van der Waals surface area contributed by atoms with Crippen LogP contribution >= 0.6 is 0 Å². The van der Waals surface area contributed by atoms with Crippen molar-refractivity contribution in [2.24, 2.45) is 5.73 Å². The maximum atomic E-state index is 12.6. The number of rotatable bonds is 7. The van der Waals surface area contributed by atoms with E-state index in [1.807, 2.05) is 36.4 Å². The van der Waals surface area contributed by atoms with E-state index in [0.717, 1.165) is 5.56 Å². The van der Waals surface area contributed by atoms with Gasteiger partial charge < -0.3 is 21.5 Å². The Labute approximate surface area is 147 Å². The third-order valence-corrected chi connectivity index (χ3v) is 3.93. The smallest absolute Gasteiger partial charge is 0.405 e. The normalized spacial score (nSPS) is 12.8. The fraction of sp³-hybridized carbons (Fsp3) is 0.263. The van der Waals surface area contributed by atoms with E-state index in [4.69, 9.17) is 16.2 Å². The molecule has 0 heterocycles. The van der Waals surface area contributed by atoms with E-state index >= 15 is 0 Å². The number of primary amides is 1. The second-order valence-corrected chi connectivity index (χ2v) is 6.02. The van der Waals surface area contributed by atoms with Gasteiger partial charge in [-0.3, -0.25) is 4.79 Å². The molecule has 0 spiro atoms. The van der Waals surface area contributed by atoms with Crippen molar-refractivity contribution in [3.8, 4) is 0 Å². The first-order chi connectivity index (χ1) is 11.9. The minimum absolute atomic E-state index is 0.139. The van der Waals surface area contributed by atoms with Crippen LogP contribution in [0.3, 0.4) is 0 Å². The fourth-order valence-corrected chi connectivity index (χ4v) is 2.60. The van der Waals surface area contributed by atoms with Gasteiger partial charge in [-0.05, 0) is 30.5 Å². The average molecular weight is 341 g/mol. The quantitative estimate of drug-likeness (QED) is 0.670. The summed E-state index contributed by atoms with van der Waals surface area (Å²) < 4.78 is 5.13. The van der Waals surface area contributed by atoms with Crippen molar-refractivity contribution in [2.45, 2.75) is 25.4 Å². The molecule has 25 heavy (non-hydrogen) atoms. The molecule has 0 aliphatic rings. The number of para-hydroxylation sites is 1. The predicted molar refractivity (Wildman–Crippen MR) is 96.8 cm³/mol. The number of hydrogen-bond donors (Lipinski definition) is 3. The number of nitrogens with one attached hydrogen (secondary N) is 1. The number of anilines is 1. The lowest BCUT2D eigenvalue weighted by Crippen LogP contribution is -2.50. The molecule has 0 fully saturated rings. The summed E-state index contributed by atoms with van der Waals surface area (Å²) in [6.07, 6.45) is -0.192. The summed E-state index contributed by atoms with van der Waals surface area (Å²) in [6, 6.07) is 16.9. The molecule has 6 heteroatoms. The Kier molecular flexibility index (Phi) is 6.00. The van der Waals surface area contributed by atoms with Gasteiger partial charge in [-0.1, -0.05) is 48.5 Å². The van der Waals surface area contributed by atoms with Gasteiger partial charge in [0.25, 0.3) is 5.91 Å². The molecule has 2 aromatic rings. The van der Waals surface area contributed by atoms with E-state index in [1.54, 1.807) is 18.2 Å². The van der Waals surface area contributed by atoms with Crippen molar-refractivity contribution in [3.63, 3.8) is 0 Å². The lowest BCUT2D eigenvalue weighted by Gasteiger charge is -2.28. The van der Waals surface area contributed by atoms with Crippen LogP contribution in [0.5, 0.6) is 0 Å². The van der Waals surface area contributed by atoms with E-state index in [9.17, 15) is 9.59 Å². The molecule has 0 aromatic heterocycles. The first kappa shape index (κ1) is 18.3.